The Hall–Kier alpha value is -1.66. The molecule has 1 N–H and O–H groups in total. The Morgan fingerprint density at radius 1 is 1.30 bits per heavy atom. The van der Waals surface area contributed by atoms with Crippen molar-refractivity contribution in [3.05, 3.63) is 39.8 Å². The molecule has 1 aliphatic carbocycles. The number of nitrogens with zero attached hydrogens (tertiary/aromatic N) is 1. The summed E-state index contributed by atoms with van der Waals surface area (Å²) in [5.74, 6) is 0.523. The zero-order valence-corrected chi connectivity index (χ0v) is 12.9. The van der Waals surface area contributed by atoms with Crippen molar-refractivity contribution in [2.75, 3.05) is 13.1 Å². The summed E-state index contributed by atoms with van der Waals surface area (Å²) in [4.78, 5) is 12.2. The van der Waals surface area contributed by atoms with Crippen LogP contribution in [0.5, 0.6) is 5.75 Å². The molecule has 0 bridgehead atoms. The van der Waals surface area contributed by atoms with Crippen LogP contribution in [-0.4, -0.2) is 23.8 Å². The van der Waals surface area contributed by atoms with Gasteiger partial charge in [-0.25, -0.2) is 0 Å². The minimum Gasteiger partial charge on any atom is -0.490 e. The van der Waals surface area contributed by atoms with Crippen LogP contribution in [0, 0.1) is 5.41 Å². The third-order valence-electron chi connectivity index (χ3n) is 4.83. The molecule has 0 radical (unpaired) electrons. The molecule has 1 aromatic carbocycles. The normalized spacial score (nSPS) is 19.8. The van der Waals surface area contributed by atoms with Gasteiger partial charge in [0.05, 0.1) is 16.5 Å². The predicted octanol–water partition coefficient (Wildman–Crippen LogP) is 3.18. The van der Waals surface area contributed by atoms with Crippen LogP contribution in [0.25, 0.3) is 10.8 Å². The van der Waals surface area contributed by atoms with Gasteiger partial charge in [0.2, 0.25) is 0 Å². The van der Waals surface area contributed by atoms with Gasteiger partial charge in [-0.05, 0) is 31.0 Å². The summed E-state index contributed by atoms with van der Waals surface area (Å²) in [5.41, 5.74) is -0.434. The van der Waals surface area contributed by atoms with Gasteiger partial charge < -0.3 is 10.1 Å². The number of rotatable bonds is 3. The zero-order chi connectivity index (χ0) is 16.2. The zero-order valence-electron chi connectivity index (χ0n) is 12.2. The fourth-order valence-electron chi connectivity index (χ4n) is 3.50. The second kappa shape index (κ2) is 5.18. The minimum atomic E-state index is -2.90. The molecule has 0 amide bonds. The smallest absolute Gasteiger partial charge is 0.321 e. The lowest BCUT2D eigenvalue weighted by Gasteiger charge is -2.53. The molecule has 1 saturated carbocycles. The first kappa shape index (κ1) is 14.9. The van der Waals surface area contributed by atoms with Crippen LogP contribution in [-0.2, 0) is 0 Å². The number of alkyl halides is 2. The van der Waals surface area contributed by atoms with Gasteiger partial charge in [-0.3, -0.25) is 9.36 Å². The Morgan fingerprint density at radius 2 is 2.04 bits per heavy atom. The number of aromatic nitrogens is 1. The summed E-state index contributed by atoms with van der Waals surface area (Å²) in [5, 5.41) is 3.97. The fourth-order valence-corrected chi connectivity index (χ4v) is 3.75. The number of hydrogen-bond donors (Lipinski definition) is 1. The van der Waals surface area contributed by atoms with Crippen molar-refractivity contribution in [2.24, 2.45) is 5.41 Å². The van der Waals surface area contributed by atoms with E-state index in [-0.39, 0.29) is 16.5 Å². The number of nitrogens with one attached hydrogen (secondary N) is 1. The molecule has 1 spiro atoms. The fraction of sp³-hybridized carbons (Fsp3) is 0.438. The molecule has 4 nitrogen and oxygen atoms in total. The first-order chi connectivity index (χ1) is 11.0. The van der Waals surface area contributed by atoms with Crippen molar-refractivity contribution >= 4 is 22.4 Å². The molecule has 7 heteroatoms. The molecule has 1 aromatic heterocycles. The van der Waals surface area contributed by atoms with Gasteiger partial charge in [0, 0.05) is 30.1 Å². The van der Waals surface area contributed by atoms with Crippen LogP contribution in [0.2, 0.25) is 5.02 Å². The number of benzene rings is 1. The molecular formula is C16H15ClF2N2O2. The van der Waals surface area contributed by atoms with E-state index in [0.29, 0.717) is 21.1 Å². The molecular weight excluding hydrogens is 326 g/mol. The first-order valence-corrected chi connectivity index (χ1v) is 7.86. The second-order valence-electron chi connectivity index (χ2n) is 6.39. The summed E-state index contributed by atoms with van der Waals surface area (Å²) < 4.78 is 32.1. The molecule has 2 aliphatic rings. The van der Waals surface area contributed by atoms with Gasteiger partial charge in [-0.2, -0.15) is 8.78 Å². The van der Waals surface area contributed by atoms with E-state index in [1.54, 1.807) is 6.07 Å². The van der Waals surface area contributed by atoms with Gasteiger partial charge in [-0.15, -0.1) is 0 Å². The average Bonchev–Trinajstić information content (AvgIpc) is 2.42. The SMILES string of the molecule is O=c1c2c(Cl)ccc(OC3CC4(CNC4)C3)c2ccn1C(F)F. The monoisotopic (exact) mass is 340 g/mol. The van der Waals surface area contributed by atoms with Gasteiger partial charge in [0.1, 0.15) is 5.75 Å². The Bertz CT molecular complexity index is 825. The maximum Gasteiger partial charge on any atom is 0.321 e. The van der Waals surface area contributed by atoms with E-state index < -0.39 is 12.1 Å². The standard InChI is InChI=1S/C16H15ClF2N2O2/c17-11-1-2-12(23-9-5-16(6-9)7-20-8-16)10-3-4-21(15(18)19)14(22)13(10)11/h1-4,9,15,20H,5-8H2. The summed E-state index contributed by atoms with van der Waals surface area (Å²) >= 11 is 6.05. The number of hydrogen-bond acceptors (Lipinski definition) is 3. The third kappa shape index (κ3) is 2.32. The number of fused-ring (bicyclic) bond motifs is 1. The largest absolute Gasteiger partial charge is 0.490 e. The topological polar surface area (TPSA) is 43.3 Å². The predicted molar refractivity (Wildman–Crippen MR) is 83.4 cm³/mol. The van der Waals surface area contributed by atoms with E-state index in [4.69, 9.17) is 16.3 Å². The van der Waals surface area contributed by atoms with Gasteiger partial charge in [-0.1, -0.05) is 11.6 Å². The Balaban J connectivity index is 1.69. The van der Waals surface area contributed by atoms with E-state index in [2.05, 4.69) is 5.32 Å². The Labute approximate surface area is 136 Å². The lowest BCUT2D eigenvalue weighted by Crippen LogP contribution is -2.62. The number of ether oxygens (including phenoxy) is 1. The van der Waals surface area contributed by atoms with E-state index >= 15 is 0 Å². The van der Waals surface area contributed by atoms with Crippen molar-refractivity contribution in [3.63, 3.8) is 0 Å². The quantitative estimate of drug-likeness (QED) is 0.933. The van der Waals surface area contributed by atoms with E-state index in [1.165, 1.54) is 12.1 Å². The highest BCUT2D eigenvalue weighted by Crippen LogP contribution is 2.46. The minimum absolute atomic E-state index is 0.0753. The van der Waals surface area contributed by atoms with Crippen molar-refractivity contribution < 1.29 is 13.5 Å². The van der Waals surface area contributed by atoms with Crippen molar-refractivity contribution in [1.82, 2.24) is 9.88 Å². The molecule has 2 aromatic rings. The highest BCUT2D eigenvalue weighted by molar-refractivity contribution is 6.35. The Kier molecular flexibility index (Phi) is 3.35. The summed E-state index contributed by atoms with van der Waals surface area (Å²) in [6.45, 7) is -0.856. The lowest BCUT2D eigenvalue weighted by molar-refractivity contribution is -0.0489. The van der Waals surface area contributed by atoms with Crippen LogP contribution in [0.15, 0.2) is 29.2 Å². The van der Waals surface area contributed by atoms with Gasteiger partial charge in [0.25, 0.3) is 5.56 Å². The molecule has 23 heavy (non-hydrogen) atoms. The molecule has 0 unspecified atom stereocenters. The maximum atomic E-state index is 12.9. The van der Waals surface area contributed by atoms with E-state index in [9.17, 15) is 13.6 Å². The molecule has 2 fully saturated rings. The van der Waals surface area contributed by atoms with Crippen molar-refractivity contribution in [2.45, 2.75) is 25.5 Å². The number of halogens is 3. The van der Waals surface area contributed by atoms with Crippen LogP contribution in [0.1, 0.15) is 19.4 Å². The van der Waals surface area contributed by atoms with Crippen LogP contribution in [0.3, 0.4) is 0 Å². The van der Waals surface area contributed by atoms with Crippen LogP contribution < -0.4 is 15.6 Å². The lowest BCUT2D eigenvalue weighted by atomic mass is 9.63. The highest BCUT2D eigenvalue weighted by Gasteiger charge is 2.49. The molecule has 1 aliphatic heterocycles. The Morgan fingerprint density at radius 3 is 2.65 bits per heavy atom. The highest BCUT2D eigenvalue weighted by atomic mass is 35.5. The summed E-state index contributed by atoms with van der Waals surface area (Å²) in [7, 11) is 0. The molecule has 122 valence electrons. The van der Waals surface area contributed by atoms with Gasteiger partial charge in [0.15, 0.2) is 0 Å². The maximum absolute atomic E-state index is 12.9. The molecule has 0 atom stereocenters. The number of pyridine rings is 1. The van der Waals surface area contributed by atoms with E-state index in [1.807, 2.05) is 0 Å². The van der Waals surface area contributed by atoms with Crippen LogP contribution >= 0.6 is 11.6 Å². The molecule has 2 heterocycles. The average molecular weight is 341 g/mol. The third-order valence-corrected chi connectivity index (χ3v) is 5.15. The van der Waals surface area contributed by atoms with Gasteiger partial charge >= 0.3 is 6.55 Å². The second-order valence-corrected chi connectivity index (χ2v) is 6.80. The van der Waals surface area contributed by atoms with Crippen molar-refractivity contribution in [1.29, 1.82) is 0 Å². The molecule has 1 saturated heterocycles. The summed E-state index contributed by atoms with van der Waals surface area (Å²) in [6.07, 6.45) is 3.12. The molecule has 4 rings (SSSR count). The summed E-state index contributed by atoms with van der Waals surface area (Å²) in [6, 6.07) is 4.68. The first-order valence-electron chi connectivity index (χ1n) is 7.48. The van der Waals surface area contributed by atoms with Crippen molar-refractivity contribution in [3.8, 4) is 5.75 Å². The van der Waals surface area contributed by atoms with Crippen LogP contribution in [0.4, 0.5) is 8.78 Å². The van der Waals surface area contributed by atoms with E-state index in [0.717, 1.165) is 32.1 Å².